The molecule has 0 aliphatic carbocycles. The summed E-state index contributed by atoms with van der Waals surface area (Å²) in [6, 6.07) is 9.77. The third-order valence-corrected chi connectivity index (χ3v) is 8.08. The van der Waals surface area contributed by atoms with E-state index in [-0.39, 0.29) is 15.8 Å². The van der Waals surface area contributed by atoms with E-state index in [9.17, 15) is 17.9 Å². The summed E-state index contributed by atoms with van der Waals surface area (Å²) in [4.78, 5) is 3.28. The van der Waals surface area contributed by atoms with Crippen LogP contribution in [0.4, 0.5) is 15.2 Å². The van der Waals surface area contributed by atoms with Crippen molar-refractivity contribution in [3.8, 4) is 5.75 Å². The lowest BCUT2D eigenvalue weighted by molar-refractivity contribution is 0.185. The van der Waals surface area contributed by atoms with Crippen molar-refractivity contribution < 1.29 is 22.7 Å². The summed E-state index contributed by atoms with van der Waals surface area (Å²) in [7, 11) is -2.60. The fourth-order valence-electron chi connectivity index (χ4n) is 4.01. The number of benzene rings is 2. The summed E-state index contributed by atoms with van der Waals surface area (Å²) in [6.07, 6.45) is 1.97. The number of nitrogens with one attached hydrogen (secondary N) is 3. The van der Waals surface area contributed by atoms with Gasteiger partial charge in [-0.15, -0.1) is 11.3 Å². The second-order valence-corrected chi connectivity index (χ2v) is 11.1. The predicted molar refractivity (Wildman–Crippen MR) is 131 cm³/mol. The number of hydrogen-bond acceptors (Lipinski definition) is 8. The van der Waals surface area contributed by atoms with E-state index in [0.29, 0.717) is 25.9 Å². The Balaban J connectivity index is 1.53. The number of β-amino-alcohol motifs (C(OH)–C–C–N with tert-alkyl or cyclic N) is 1. The van der Waals surface area contributed by atoms with Crippen LogP contribution in [0, 0.1) is 5.82 Å². The molecular weight excluding hydrogens is 503 g/mol. The van der Waals surface area contributed by atoms with Crippen molar-refractivity contribution in [1.82, 2.24) is 10.3 Å². The molecule has 8 nitrogen and oxygen atoms in total. The normalized spacial score (nSPS) is 20.3. The van der Waals surface area contributed by atoms with Crippen molar-refractivity contribution in [3.63, 3.8) is 0 Å². The molecule has 2 aromatic carbocycles. The third kappa shape index (κ3) is 5.61. The minimum atomic E-state index is -4.20. The number of methoxy groups -OCH3 is 1. The summed E-state index contributed by atoms with van der Waals surface area (Å²) < 4.78 is 47.5. The molecule has 0 spiro atoms. The van der Waals surface area contributed by atoms with E-state index in [1.807, 2.05) is 24.3 Å². The number of thiazole rings is 1. The van der Waals surface area contributed by atoms with Crippen LogP contribution in [0.3, 0.4) is 0 Å². The van der Waals surface area contributed by atoms with Crippen molar-refractivity contribution in [1.29, 1.82) is 0 Å². The lowest BCUT2D eigenvalue weighted by atomic mass is 9.88. The Hall–Kier alpha value is -2.44. The van der Waals surface area contributed by atoms with Gasteiger partial charge in [0.15, 0.2) is 5.13 Å². The number of ether oxygens (including phenoxy) is 1. The predicted octanol–water partition coefficient (Wildman–Crippen LogP) is 3.49. The molecule has 2 atom stereocenters. The van der Waals surface area contributed by atoms with Gasteiger partial charge in [-0.25, -0.2) is 17.8 Å². The zero-order chi connectivity index (χ0) is 24.3. The molecule has 34 heavy (non-hydrogen) atoms. The zero-order valence-electron chi connectivity index (χ0n) is 18.2. The van der Waals surface area contributed by atoms with Crippen LogP contribution in [0.2, 0.25) is 5.02 Å². The van der Waals surface area contributed by atoms with E-state index in [4.69, 9.17) is 16.3 Å². The lowest BCUT2D eigenvalue weighted by Crippen LogP contribution is -2.48. The van der Waals surface area contributed by atoms with Crippen LogP contribution in [0.5, 0.6) is 5.75 Å². The number of hydrogen-bond donors (Lipinski definition) is 4. The van der Waals surface area contributed by atoms with E-state index in [2.05, 4.69) is 20.3 Å². The summed E-state index contributed by atoms with van der Waals surface area (Å²) in [5.74, 6) is -0.218. The van der Waals surface area contributed by atoms with E-state index >= 15 is 0 Å². The number of rotatable bonds is 9. The second-order valence-electron chi connectivity index (χ2n) is 8.11. The first kappa shape index (κ1) is 24.7. The monoisotopic (exact) mass is 526 g/mol. The van der Waals surface area contributed by atoms with Crippen LogP contribution in [-0.4, -0.2) is 50.4 Å². The summed E-state index contributed by atoms with van der Waals surface area (Å²) >= 11 is 7.41. The first-order valence-corrected chi connectivity index (χ1v) is 13.1. The minimum absolute atomic E-state index is 0.0518. The molecule has 2 heterocycles. The van der Waals surface area contributed by atoms with Crippen LogP contribution in [-0.2, 0) is 16.4 Å². The number of aliphatic hydroxyl groups is 1. The van der Waals surface area contributed by atoms with Gasteiger partial charge in [0.1, 0.15) is 16.5 Å². The molecule has 1 aromatic heterocycles. The van der Waals surface area contributed by atoms with Crippen LogP contribution < -0.4 is 20.1 Å². The maximum Gasteiger partial charge on any atom is 0.266 e. The molecule has 0 saturated carbocycles. The molecule has 1 aliphatic rings. The average molecular weight is 527 g/mol. The van der Waals surface area contributed by atoms with Crippen LogP contribution in [0.15, 0.2) is 52.9 Å². The first-order chi connectivity index (χ1) is 16.2. The van der Waals surface area contributed by atoms with Gasteiger partial charge in [0, 0.05) is 30.2 Å². The van der Waals surface area contributed by atoms with Crippen LogP contribution in [0.1, 0.15) is 12.0 Å². The molecule has 4 rings (SSSR count). The van der Waals surface area contributed by atoms with Gasteiger partial charge in [-0.05, 0) is 42.7 Å². The van der Waals surface area contributed by atoms with Gasteiger partial charge >= 0.3 is 0 Å². The summed E-state index contributed by atoms with van der Waals surface area (Å²) in [5.41, 5.74) is 0.734. The van der Waals surface area contributed by atoms with Gasteiger partial charge in [0.05, 0.1) is 23.9 Å². The fourth-order valence-corrected chi connectivity index (χ4v) is 6.18. The Morgan fingerprint density at radius 3 is 2.88 bits per heavy atom. The molecule has 0 bridgehead atoms. The Kier molecular flexibility index (Phi) is 7.29. The minimum Gasteiger partial charge on any atom is -0.497 e. The number of anilines is 2. The Morgan fingerprint density at radius 1 is 1.38 bits per heavy atom. The number of aliphatic hydroxyl groups excluding tert-OH is 1. The number of halogens is 2. The van der Waals surface area contributed by atoms with Crippen molar-refractivity contribution >= 4 is 43.8 Å². The van der Waals surface area contributed by atoms with Gasteiger partial charge < -0.3 is 20.5 Å². The molecule has 1 saturated heterocycles. The molecular formula is C22H24ClFN4O4S2. The van der Waals surface area contributed by atoms with Crippen molar-refractivity contribution in [2.24, 2.45) is 0 Å². The molecule has 3 aromatic rings. The quantitative estimate of drug-likeness (QED) is 0.337. The number of nitrogens with zero attached hydrogens (tertiary/aromatic N) is 1. The number of sulfonamides is 1. The van der Waals surface area contributed by atoms with Crippen molar-refractivity contribution in [2.75, 3.05) is 30.2 Å². The standard InChI is InChI=1S/C22H24ClFN4O4S2/c1-32-16-4-2-3-14(7-16)10-22(11-15(29)12-27-22)13-26-19-9-18(24)20(8-17(19)23)34(30,31)28-21-25-5-6-33-21/h2-9,15,26-27,29H,10-13H2,1H3,(H,25,28)/t15-,22-/m0/s1. The van der Waals surface area contributed by atoms with Gasteiger partial charge in [0.25, 0.3) is 10.0 Å². The topological polar surface area (TPSA) is 113 Å². The maximum atomic E-state index is 14.8. The SMILES string of the molecule is COc1cccc(C[C@@]2(CNc3cc(F)c(S(=O)(=O)Nc4nccs4)cc3Cl)C[C@H](O)CN2)c1. The molecule has 0 radical (unpaired) electrons. The maximum absolute atomic E-state index is 14.8. The van der Waals surface area contributed by atoms with E-state index in [1.165, 1.54) is 6.20 Å². The molecule has 0 amide bonds. The van der Waals surface area contributed by atoms with Gasteiger partial charge in [0.2, 0.25) is 0 Å². The molecule has 1 aliphatic heterocycles. The van der Waals surface area contributed by atoms with Crippen molar-refractivity contribution in [2.45, 2.75) is 29.4 Å². The molecule has 4 N–H and O–H groups in total. The molecule has 1 fully saturated rings. The number of aromatic nitrogens is 1. The van der Waals surface area contributed by atoms with Crippen molar-refractivity contribution in [3.05, 3.63) is 64.4 Å². The first-order valence-electron chi connectivity index (χ1n) is 10.4. The Labute approximate surface area is 206 Å². The smallest absolute Gasteiger partial charge is 0.266 e. The Bertz CT molecular complexity index is 1260. The highest BCUT2D eigenvalue weighted by atomic mass is 35.5. The zero-order valence-corrected chi connectivity index (χ0v) is 20.6. The van der Waals surface area contributed by atoms with E-state index in [1.54, 1.807) is 12.5 Å². The average Bonchev–Trinajstić information content (AvgIpc) is 3.43. The lowest BCUT2D eigenvalue weighted by Gasteiger charge is -2.31. The highest BCUT2D eigenvalue weighted by Gasteiger charge is 2.38. The summed E-state index contributed by atoms with van der Waals surface area (Å²) in [6.45, 7) is 0.747. The van der Waals surface area contributed by atoms with Gasteiger partial charge in [-0.1, -0.05) is 23.7 Å². The largest absolute Gasteiger partial charge is 0.497 e. The third-order valence-electron chi connectivity index (χ3n) is 5.60. The summed E-state index contributed by atoms with van der Waals surface area (Å²) in [5, 5.41) is 18.5. The molecule has 12 heteroatoms. The van der Waals surface area contributed by atoms with Gasteiger partial charge in [-0.2, -0.15) is 0 Å². The second kappa shape index (κ2) is 10.0. The fraction of sp³-hybridized carbons (Fsp3) is 0.318. The van der Waals surface area contributed by atoms with E-state index in [0.717, 1.165) is 34.8 Å². The molecule has 0 unspecified atom stereocenters. The van der Waals surface area contributed by atoms with E-state index < -0.39 is 32.4 Å². The Morgan fingerprint density at radius 2 is 2.21 bits per heavy atom. The van der Waals surface area contributed by atoms with Crippen LogP contribution in [0.25, 0.3) is 0 Å². The van der Waals surface area contributed by atoms with Gasteiger partial charge in [-0.3, -0.25) is 4.72 Å². The molecule has 182 valence electrons. The highest BCUT2D eigenvalue weighted by Crippen LogP contribution is 2.32. The highest BCUT2D eigenvalue weighted by molar-refractivity contribution is 7.93. The van der Waals surface area contributed by atoms with Crippen LogP contribution >= 0.6 is 22.9 Å².